The molecule has 0 spiro atoms. The van der Waals surface area contributed by atoms with Crippen molar-refractivity contribution in [2.75, 3.05) is 7.11 Å². The largest absolute Gasteiger partial charge is 0.495 e. The number of methoxy groups -OCH3 is 1. The minimum atomic E-state index is -0.336. The lowest BCUT2D eigenvalue weighted by molar-refractivity contribution is 0.412. The summed E-state index contributed by atoms with van der Waals surface area (Å²) < 4.78 is 18.4. The first-order chi connectivity index (χ1) is 9.78. The molecule has 3 nitrogen and oxygen atoms in total. The van der Waals surface area contributed by atoms with Crippen LogP contribution in [-0.4, -0.2) is 17.1 Å². The standard InChI is InChI=1S/C16H11FN2O/c1-20-15-5-4-13(17)10-12(15)3-2-11-6-8-18-16-14(11)7-9-19-16/h4-10H,1H3,(H,18,19). The maximum atomic E-state index is 13.3. The van der Waals surface area contributed by atoms with Gasteiger partial charge < -0.3 is 9.72 Å². The van der Waals surface area contributed by atoms with Crippen molar-refractivity contribution in [3.05, 3.63) is 59.7 Å². The minimum Gasteiger partial charge on any atom is -0.495 e. The van der Waals surface area contributed by atoms with E-state index in [1.807, 2.05) is 18.3 Å². The van der Waals surface area contributed by atoms with Crippen LogP contribution in [0.4, 0.5) is 4.39 Å². The van der Waals surface area contributed by atoms with Gasteiger partial charge in [-0.3, -0.25) is 0 Å². The second-order valence-corrected chi connectivity index (χ2v) is 4.19. The molecule has 4 heteroatoms. The Balaban J connectivity index is 2.08. The molecule has 0 atom stereocenters. The van der Waals surface area contributed by atoms with E-state index in [0.717, 1.165) is 16.6 Å². The summed E-state index contributed by atoms with van der Waals surface area (Å²) in [6, 6.07) is 8.02. The molecule has 0 aliphatic heterocycles. The van der Waals surface area contributed by atoms with Crippen LogP contribution in [0.3, 0.4) is 0 Å². The highest BCUT2D eigenvalue weighted by Crippen LogP contribution is 2.19. The first-order valence-corrected chi connectivity index (χ1v) is 6.05. The van der Waals surface area contributed by atoms with Crippen LogP contribution in [0.1, 0.15) is 11.1 Å². The molecule has 2 aromatic heterocycles. The minimum absolute atomic E-state index is 0.336. The number of H-pyrrole nitrogens is 1. The first-order valence-electron chi connectivity index (χ1n) is 6.05. The number of halogens is 1. The van der Waals surface area contributed by atoms with E-state index < -0.39 is 0 Å². The lowest BCUT2D eigenvalue weighted by atomic mass is 10.1. The molecule has 98 valence electrons. The van der Waals surface area contributed by atoms with E-state index >= 15 is 0 Å². The van der Waals surface area contributed by atoms with E-state index in [1.54, 1.807) is 12.3 Å². The second kappa shape index (κ2) is 5.06. The monoisotopic (exact) mass is 266 g/mol. The van der Waals surface area contributed by atoms with Gasteiger partial charge in [-0.15, -0.1) is 0 Å². The van der Waals surface area contributed by atoms with Gasteiger partial charge in [0.25, 0.3) is 0 Å². The van der Waals surface area contributed by atoms with E-state index in [2.05, 4.69) is 21.8 Å². The van der Waals surface area contributed by atoms with Crippen molar-refractivity contribution in [2.45, 2.75) is 0 Å². The number of nitrogens with zero attached hydrogens (tertiary/aromatic N) is 1. The molecular weight excluding hydrogens is 255 g/mol. The summed E-state index contributed by atoms with van der Waals surface area (Å²) >= 11 is 0. The third kappa shape index (κ3) is 2.21. The van der Waals surface area contributed by atoms with Crippen LogP contribution in [0.5, 0.6) is 5.75 Å². The predicted octanol–water partition coefficient (Wildman–Crippen LogP) is 3.11. The van der Waals surface area contributed by atoms with E-state index in [-0.39, 0.29) is 5.82 Å². The second-order valence-electron chi connectivity index (χ2n) is 4.19. The summed E-state index contributed by atoms with van der Waals surface area (Å²) in [5.74, 6) is 6.20. The van der Waals surface area contributed by atoms with Gasteiger partial charge in [-0.25, -0.2) is 9.37 Å². The Morgan fingerprint density at radius 3 is 2.85 bits per heavy atom. The predicted molar refractivity (Wildman–Crippen MR) is 75.0 cm³/mol. The average molecular weight is 266 g/mol. The summed E-state index contributed by atoms with van der Waals surface area (Å²) in [7, 11) is 1.54. The van der Waals surface area contributed by atoms with Crippen molar-refractivity contribution in [3.63, 3.8) is 0 Å². The Bertz CT molecular complexity index is 827. The molecule has 20 heavy (non-hydrogen) atoms. The number of nitrogens with one attached hydrogen (secondary N) is 1. The van der Waals surface area contributed by atoms with Gasteiger partial charge in [0.15, 0.2) is 0 Å². The van der Waals surface area contributed by atoms with Crippen LogP contribution in [0.2, 0.25) is 0 Å². The van der Waals surface area contributed by atoms with E-state index in [4.69, 9.17) is 4.74 Å². The third-order valence-electron chi connectivity index (χ3n) is 2.95. The van der Waals surface area contributed by atoms with Gasteiger partial charge in [-0.1, -0.05) is 11.8 Å². The molecular formula is C16H11FN2O. The van der Waals surface area contributed by atoms with Crippen LogP contribution in [0, 0.1) is 17.7 Å². The summed E-state index contributed by atoms with van der Waals surface area (Å²) in [5, 5.41) is 0.940. The Kier molecular flexibility index (Phi) is 3.10. The summed E-state index contributed by atoms with van der Waals surface area (Å²) in [4.78, 5) is 7.22. The summed E-state index contributed by atoms with van der Waals surface area (Å²) in [6.07, 6.45) is 3.50. The van der Waals surface area contributed by atoms with Crippen molar-refractivity contribution in [3.8, 4) is 17.6 Å². The number of ether oxygens (including phenoxy) is 1. The van der Waals surface area contributed by atoms with E-state index in [1.165, 1.54) is 19.2 Å². The SMILES string of the molecule is COc1ccc(F)cc1C#Cc1ccnc2[nH]ccc12. The number of aromatic nitrogens is 2. The van der Waals surface area contributed by atoms with E-state index in [9.17, 15) is 4.39 Å². The molecule has 2 heterocycles. The maximum absolute atomic E-state index is 13.3. The lowest BCUT2D eigenvalue weighted by Gasteiger charge is -2.02. The Hall–Kier alpha value is -2.80. The molecule has 0 fully saturated rings. The van der Waals surface area contributed by atoms with Crippen molar-refractivity contribution in [1.29, 1.82) is 0 Å². The van der Waals surface area contributed by atoms with Gasteiger partial charge in [-0.2, -0.15) is 0 Å². The molecule has 3 rings (SSSR count). The van der Waals surface area contributed by atoms with Crippen LogP contribution < -0.4 is 4.74 Å². The number of pyridine rings is 1. The van der Waals surface area contributed by atoms with Crippen LogP contribution in [0.15, 0.2) is 42.7 Å². The number of hydrogen-bond donors (Lipinski definition) is 1. The van der Waals surface area contributed by atoms with Crippen LogP contribution in [-0.2, 0) is 0 Å². The fraction of sp³-hybridized carbons (Fsp3) is 0.0625. The Labute approximate surface area is 115 Å². The van der Waals surface area contributed by atoms with E-state index in [0.29, 0.717) is 11.3 Å². The van der Waals surface area contributed by atoms with Crippen molar-refractivity contribution >= 4 is 11.0 Å². The number of hydrogen-bond acceptors (Lipinski definition) is 2. The van der Waals surface area contributed by atoms with Gasteiger partial charge in [0.2, 0.25) is 0 Å². The molecule has 0 unspecified atom stereocenters. The topological polar surface area (TPSA) is 37.9 Å². The molecule has 0 amide bonds. The zero-order valence-electron chi connectivity index (χ0n) is 10.8. The molecule has 0 saturated carbocycles. The molecule has 1 N–H and O–H groups in total. The number of aromatic amines is 1. The van der Waals surface area contributed by atoms with Crippen LogP contribution >= 0.6 is 0 Å². The van der Waals surface area contributed by atoms with Gasteiger partial charge in [0.05, 0.1) is 12.7 Å². The first kappa shape index (κ1) is 12.2. The zero-order valence-corrected chi connectivity index (χ0v) is 10.8. The van der Waals surface area contributed by atoms with Crippen molar-refractivity contribution < 1.29 is 9.13 Å². The van der Waals surface area contributed by atoms with Crippen molar-refractivity contribution in [2.24, 2.45) is 0 Å². The van der Waals surface area contributed by atoms with Gasteiger partial charge in [0, 0.05) is 23.3 Å². The molecule has 3 aromatic rings. The third-order valence-corrected chi connectivity index (χ3v) is 2.95. The highest BCUT2D eigenvalue weighted by Gasteiger charge is 2.03. The normalized spacial score (nSPS) is 10.1. The maximum Gasteiger partial charge on any atom is 0.138 e. The highest BCUT2D eigenvalue weighted by atomic mass is 19.1. The average Bonchev–Trinajstić information content (AvgIpc) is 2.94. The Morgan fingerprint density at radius 1 is 1.15 bits per heavy atom. The molecule has 0 aliphatic rings. The lowest BCUT2D eigenvalue weighted by Crippen LogP contribution is -1.89. The molecule has 0 bridgehead atoms. The smallest absolute Gasteiger partial charge is 0.138 e. The number of fused-ring (bicyclic) bond motifs is 1. The van der Waals surface area contributed by atoms with Gasteiger partial charge in [-0.05, 0) is 30.3 Å². The highest BCUT2D eigenvalue weighted by molar-refractivity contribution is 5.82. The summed E-state index contributed by atoms with van der Waals surface area (Å²) in [6.45, 7) is 0. The zero-order chi connectivity index (χ0) is 13.9. The number of benzene rings is 1. The molecule has 1 aromatic carbocycles. The quantitative estimate of drug-likeness (QED) is 0.687. The molecule has 0 saturated heterocycles. The molecule has 0 radical (unpaired) electrons. The van der Waals surface area contributed by atoms with Gasteiger partial charge >= 0.3 is 0 Å². The number of rotatable bonds is 1. The fourth-order valence-electron chi connectivity index (χ4n) is 1.98. The van der Waals surface area contributed by atoms with Crippen LogP contribution in [0.25, 0.3) is 11.0 Å². The molecule has 0 aliphatic carbocycles. The summed E-state index contributed by atoms with van der Waals surface area (Å²) in [5.41, 5.74) is 2.14. The van der Waals surface area contributed by atoms with Gasteiger partial charge in [0.1, 0.15) is 17.2 Å². The fourth-order valence-corrected chi connectivity index (χ4v) is 1.98. The Morgan fingerprint density at radius 2 is 2.00 bits per heavy atom. The van der Waals surface area contributed by atoms with Crippen molar-refractivity contribution in [1.82, 2.24) is 9.97 Å².